The van der Waals surface area contributed by atoms with Crippen molar-refractivity contribution in [2.45, 2.75) is 39.2 Å². The first-order valence-electron chi connectivity index (χ1n) is 7.21. The topological polar surface area (TPSA) is 41.6 Å². The van der Waals surface area contributed by atoms with Crippen LogP contribution in [0, 0.1) is 12.3 Å². The van der Waals surface area contributed by atoms with Gasteiger partial charge in [0, 0.05) is 12.2 Å². The largest absolute Gasteiger partial charge is 0.443 e. The highest BCUT2D eigenvalue weighted by Gasteiger charge is 2.27. The Morgan fingerprint density at radius 3 is 2.90 bits per heavy atom. The van der Waals surface area contributed by atoms with Gasteiger partial charge < -0.3 is 10.1 Å². The Labute approximate surface area is 126 Å². The number of carbonyl (C=O) groups excluding carboxylic acids is 1. The van der Waals surface area contributed by atoms with Crippen molar-refractivity contribution in [3.05, 3.63) is 23.8 Å². The van der Waals surface area contributed by atoms with Crippen molar-refractivity contribution < 1.29 is 9.53 Å². The van der Waals surface area contributed by atoms with Crippen LogP contribution in [0.15, 0.2) is 18.2 Å². The van der Waals surface area contributed by atoms with Crippen LogP contribution in [0.5, 0.6) is 0 Å². The summed E-state index contributed by atoms with van der Waals surface area (Å²) in [6.45, 7) is 6.82. The van der Waals surface area contributed by atoms with Crippen molar-refractivity contribution in [1.29, 1.82) is 0 Å². The number of nitrogens with one attached hydrogen (secondary N) is 1. The highest BCUT2D eigenvalue weighted by Crippen LogP contribution is 2.30. The maximum Gasteiger partial charge on any atom is 0.414 e. The second-order valence-electron chi connectivity index (χ2n) is 6.14. The zero-order valence-electron chi connectivity index (χ0n) is 12.9. The maximum absolute atomic E-state index is 12.3. The lowest BCUT2D eigenvalue weighted by Crippen LogP contribution is -2.39. The van der Waals surface area contributed by atoms with Crippen LogP contribution in [0.2, 0.25) is 0 Å². The molecule has 0 bridgehead atoms. The molecule has 0 saturated carbocycles. The summed E-state index contributed by atoms with van der Waals surface area (Å²) < 4.78 is 5.47. The number of hydrogen-bond acceptors (Lipinski definition) is 3. The molecule has 1 aliphatic heterocycles. The van der Waals surface area contributed by atoms with Gasteiger partial charge in [0.25, 0.3) is 0 Å². The van der Waals surface area contributed by atoms with Gasteiger partial charge in [-0.1, -0.05) is 5.92 Å². The molecule has 4 nitrogen and oxygen atoms in total. The number of aryl methyl sites for hydroxylation is 1. The Morgan fingerprint density at radius 2 is 2.24 bits per heavy atom. The molecular formula is C17H22N2O2. The van der Waals surface area contributed by atoms with E-state index in [-0.39, 0.29) is 6.09 Å². The van der Waals surface area contributed by atoms with E-state index in [1.54, 1.807) is 4.90 Å². The minimum Gasteiger partial charge on any atom is -0.443 e. The van der Waals surface area contributed by atoms with Crippen molar-refractivity contribution in [3.8, 4) is 12.3 Å². The van der Waals surface area contributed by atoms with E-state index in [0.717, 1.165) is 29.8 Å². The number of fused-ring (bicyclic) bond motifs is 1. The first-order valence-corrected chi connectivity index (χ1v) is 7.21. The third-order valence-corrected chi connectivity index (χ3v) is 3.21. The average molecular weight is 286 g/mol. The Hall–Kier alpha value is -2.15. The smallest absolute Gasteiger partial charge is 0.414 e. The molecule has 1 aromatic rings. The van der Waals surface area contributed by atoms with Crippen LogP contribution in [0.3, 0.4) is 0 Å². The van der Waals surface area contributed by atoms with Crippen molar-refractivity contribution in [3.63, 3.8) is 0 Å². The summed E-state index contributed by atoms with van der Waals surface area (Å²) in [7, 11) is 0. The molecule has 1 amide bonds. The van der Waals surface area contributed by atoms with E-state index >= 15 is 0 Å². The van der Waals surface area contributed by atoms with Gasteiger partial charge in [-0.05, 0) is 57.4 Å². The molecule has 2 rings (SSSR count). The number of nitrogens with zero attached hydrogens (tertiary/aromatic N) is 1. The number of ether oxygens (including phenoxy) is 1. The van der Waals surface area contributed by atoms with E-state index in [9.17, 15) is 4.79 Å². The van der Waals surface area contributed by atoms with Crippen LogP contribution < -0.4 is 10.2 Å². The van der Waals surface area contributed by atoms with Gasteiger partial charge in [-0.15, -0.1) is 6.42 Å². The van der Waals surface area contributed by atoms with Crippen molar-refractivity contribution in [1.82, 2.24) is 0 Å². The molecule has 0 atom stereocenters. The van der Waals surface area contributed by atoms with Crippen LogP contribution in [-0.2, 0) is 11.2 Å². The van der Waals surface area contributed by atoms with Gasteiger partial charge in [0.15, 0.2) is 0 Å². The second-order valence-corrected chi connectivity index (χ2v) is 6.14. The zero-order chi connectivity index (χ0) is 15.5. The van der Waals surface area contributed by atoms with Gasteiger partial charge in [-0.2, -0.15) is 0 Å². The standard InChI is InChI=1S/C17H22N2O2/c1-5-10-18-14-8-9-15-13(12-14)7-6-11-19(15)16(20)21-17(2,3)4/h1,8-9,12,18H,6-7,10-11H2,2-4H3. The lowest BCUT2D eigenvalue weighted by Gasteiger charge is -2.32. The van der Waals surface area contributed by atoms with Crippen LogP contribution in [0.1, 0.15) is 32.8 Å². The Morgan fingerprint density at radius 1 is 1.48 bits per heavy atom. The third kappa shape index (κ3) is 3.91. The van der Waals surface area contributed by atoms with Crippen molar-refractivity contribution >= 4 is 17.5 Å². The Balaban J connectivity index is 2.20. The average Bonchev–Trinajstić information content (AvgIpc) is 2.42. The Kier molecular flexibility index (Phi) is 4.42. The molecule has 1 heterocycles. The molecule has 0 aliphatic carbocycles. The van der Waals surface area contributed by atoms with E-state index in [4.69, 9.17) is 11.2 Å². The van der Waals surface area contributed by atoms with E-state index in [1.165, 1.54) is 0 Å². The third-order valence-electron chi connectivity index (χ3n) is 3.21. The summed E-state index contributed by atoms with van der Waals surface area (Å²) in [6.07, 6.45) is 6.86. The Bertz CT molecular complexity index is 567. The van der Waals surface area contributed by atoms with Crippen LogP contribution >= 0.6 is 0 Å². The fourth-order valence-corrected chi connectivity index (χ4v) is 2.37. The molecule has 0 unspecified atom stereocenters. The molecule has 112 valence electrons. The van der Waals surface area contributed by atoms with Crippen LogP contribution in [-0.4, -0.2) is 24.8 Å². The quantitative estimate of drug-likeness (QED) is 0.847. The second kappa shape index (κ2) is 6.09. The fourth-order valence-electron chi connectivity index (χ4n) is 2.37. The summed E-state index contributed by atoms with van der Waals surface area (Å²) in [5.41, 5.74) is 2.58. The monoisotopic (exact) mass is 286 g/mol. The normalized spacial score (nSPS) is 14.1. The molecule has 0 aromatic heterocycles. The van der Waals surface area contributed by atoms with Gasteiger partial charge >= 0.3 is 6.09 Å². The molecule has 0 radical (unpaired) electrons. The minimum absolute atomic E-state index is 0.284. The molecule has 1 aliphatic rings. The van der Waals surface area contributed by atoms with Crippen LogP contribution in [0.25, 0.3) is 0 Å². The van der Waals surface area contributed by atoms with E-state index < -0.39 is 5.60 Å². The highest BCUT2D eigenvalue weighted by atomic mass is 16.6. The number of hydrogen-bond donors (Lipinski definition) is 1. The molecule has 0 fully saturated rings. The predicted molar refractivity (Wildman–Crippen MR) is 85.7 cm³/mol. The zero-order valence-corrected chi connectivity index (χ0v) is 12.9. The predicted octanol–water partition coefficient (Wildman–Crippen LogP) is 3.42. The fraction of sp³-hybridized carbons (Fsp3) is 0.471. The number of terminal acetylenes is 1. The number of benzene rings is 1. The first-order chi connectivity index (χ1) is 9.90. The molecule has 4 heteroatoms. The molecular weight excluding hydrogens is 264 g/mol. The van der Waals surface area contributed by atoms with Gasteiger partial charge in [-0.3, -0.25) is 4.90 Å². The molecule has 1 N–H and O–H groups in total. The number of carbonyl (C=O) groups is 1. The summed E-state index contributed by atoms with van der Waals surface area (Å²) >= 11 is 0. The molecule has 1 aromatic carbocycles. The molecule has 21 heavy (non-hydrogen) atoms. The molecule has 0 saturated heterocycles. The maximum atomic E-state index is 12.3. The first kappa shape index (κ1) is 15.2. The number of amides is 1. The number of anilines is 2. The van der Waals surface area contributed by atoms with Gasteiger partial charge in [0.05, 0.1) is 12.2 Å². The highest BCUT2D eigenvalue weighted by molar-refractivity contribution is 5.90. The van der Waals surface area contributed by atoms with Gasteiger partial charge in [0.1, 0.15) is 5.60 Å². The SMILES string of the molecule is C#CCNc1ccc2c(c1)CCCN2C(=O)OC(C)(C)C. The lowest BCUT2D eigenvalue weighted by molar-refractivity contribution is 0.0578. The van der Waals surface area contributed by atoms with Crippen molar-refractivity contribution in [2.24, 2.45) is 0 Å². The van der Waals surface area contributed by atoms with Gasteiger partial charge in [0.2, 0.25) is 0 Å². The summed E-state index contributed by atoms with van der Waals surface area (Å²) in [6, 6.07) is 5.96. The van der Waals surface area contributed by atoms with E-state index in [0.29, 0.717) is 13.1 Å². The van der Waals surface area contributed by atoms with E-state index in [1.807, 2.05) is 32.9 Å². The number of rotatable bonds is 2. The van der Waals surface area contributed by atoms with Crippen LogP contribution in [0.4, 0.5) is 16.2 Å². The van der Waals surface area contributed by atoms with Gasteiger partial charge in [-0.25, -0.2) is 4.79 Å². The lowest BCUT2D eigenvalue weighted by atomic mass is 10.0. The molecule has 0 spiro atoms. The van der Waals surface area contributed by atoms with Crippen molar-refractivity contribution in [2.75, 3.05) is 23.3 Å². The minimum atomic E-state index is -0.483. The summed E-state index contributed by atoms with van der Waals surface area (Å²) in [5.74, 6) is 2.55. The summed E-state index contributed by atoms with van der Waals surface area (Å²) in [4.78, 5) is 14.0. The summed E-state index contributed by atoms with van der Waals surface area (Å²) in [5, 5.41) is 3.16. The van der Waals surface area contributed by atoms with E-state index in [2.05, 4.69) is 17.3 Å².